The van der Waals surface area contributed by atoms with Crippen LogP contribution in [0.5, 0.6) is 0 Å². The number of nitrogens with zero attached hydrogens (tertiary/aromatic N) is 1. The molecule has 1 rings (SSSR count). The van der Waals surface area contributed by atoms with E-state index >= 15 is 0 Å². The van der Waals surface area contributed by atoms with E-state index in [0.29, 0.717) is 11.1 Å². The lowest BCUT2D eigenvalue weighted by Gasteiger charge is -2.33. The van der Waals surface area contributed by atoms with Crippen LogP contribution in [0.2, 0.25) is 0 Å². The van der Waals surface area contributed by atoms with E-state index in [4.69, 9.17) is 5.11 Å². The number of aliphatic hydroxyl groups excluding tert-OH is 2. The third-order valence-corrected chi connectivity index (χ3v) is 5.59. The number of aliphatic hydroxyl groups is 2. The van der Waals surface area contributed by atoms with Gasteiger partial charge in [0, 0.05) is 12.6 Å². The molecule has 0 heterocycles. The molecular formula is C15H21NO4S. The molecule has 0 amide bonds. The van der Waals surface area contributed by atoms with Gasteiger partial charge < -0.3 is 10.2 Å². The van der Waals surface area contributed by atoms with Gasteiger partial charge in [-0.3, -0.25) is 0 Å². The summed E-state index contributed by atoms with van der Waals surface area (Å²) >= 11 is 0. The predicted octanol–water partition coefficient (Wildman–Crippen LogP) is 0.730. The molecule has 2 N–H and O–H groups in total. The Hall–Kier alpha value is -1.39. The second-order valence-corrected chi connectivity index (χ2v) is 7.32. The average Bonchev–Trinajstić information content (AvgIpc) is 2.45. The molecule has 0 bridgehead atoms. The van der Waals surface area contributed by atoms with Crippen LogP contribution in [0.1, 0.15) is 25.0 Å². The Labute approximate surface area is 126 Å². The Bertz CT molecular complexity index is 669. The smallest absolute Gasteiger partial charge is 0.243 e. The number of hydrogen-bond acceptors (Lipinski definition) is 4. The fraction of sp³-hybridized carbons (Fsp3) is 0.467. The van der Waals surface area contributed by atoms with Crippen molar-refractivity contribution in [2.24, 2.45) is 0 Å². The van der Waals surface area contributed by atoms with E-state index in [2.05, 4.69) is 11.8 Å². The highest BCUT2D eigenvalue weighted by atomic mass is 32.2. The number of rotatable bonds is 4. The summed E-state index contributed by atoms with van der Waals surface area (Å²) in [6.07, 6.45) is 0. The number of hydrogen-bond donors (Lipinski definition) is 2. The van der Waals surface area contributed by atoms with E-state index < -0.39 is 15.6 Å². The van der Waals surface area contributed by atoms with Crippen molar-refractivity contribution in [1.82, 2.24) is 4.31 Å². The molecule has 0 atom stereocenters. The van der Waals surface area contributed by atoms with Crippen LogP contribution in [0.3, 0.4) is 0 Å². The molecule has 0 fully saturated rings. The molecule has 1 aromatic carbocycles. The second kappa shape index (κ2) is 6.58. The van der Waals surface area contributed by atoms with Crippen LogP contribution in [-0.2, 0) is 10.0 Å². The number of sulfonamides is 1. The monoisotopic (exact) mass is 311 g/mol. The first-order chi connectivity index (χ1) is 9.66. The van der Waals surface area contributed by atoms with Crippen molar-refractivity contribution >= 4 is 10.0 Å². The quantitative estimate of drug-likeness (QED) is 0.804. The van der Waals surface area contributed by atoms with Gasteiger partial charge in [-0.1, -0.05) is 17.9 Å². The molecule has 0 spiro atoms. The van der Waals surface area contributed by atoms with Gasteiger partial charge in [0.15, 0.2) is 0 Å². The normalized spacial score (nSPS) is 12.1. The van der Waals surface area contributed by atoms with E-state index in [1.165, 1.54) is 13.1 Å². The van der Waals surface area contributed by atoms with Crippen molar-refractivity contribution in [3.05, 3.63) is 29.3 Å². The lowest BCUT2D eigenvalue weighted by Crippen LogP contribution is -2.47. The fourth-order valence-electron chi connectivity index (χ4n) is 1.67. The van der Waals surface area contributed by atoms with E-state index in [9.17, 15) is 13.5 Å². The van der Waals surface area contributed by atoms with Gasteiger partial charge in [0.2, 0.25) is 10.0 Å². The zero-order chi connectivity index (χ0) is 16.3. The van der Waals surface area contributed by atoms with Crippen LogP contribution in [0, 0.1) is 18.8 Å². The highest BCUT2D eigenvalue weighted by Crippen LogP contribution is 2.25. The SMILES string of the molecule is Cc1ccc(C#CCO)cc1S(=O)(=O)N(C)C(C)(C)CO. The Kier molecular flexibility index (Phi) is 5.54. The largest absolute Gasteiger partial charge is 0.394 e. The maximum atomic E-state index is 12.7. The summed E-state index contributed by atoms with van der Waals surface area (Å²) in [5.41, 5.74) is 0.214. The number of aryl methyl sites for hydroxylation is 1. The van der Waals surface area contributed by atoms with Crippen molar-refractivity contribution in [2.75, 3.05) is 20.3 Å². The predicted molar refractivity (Wildman–Crippen MR) is 81.3 cm³/mol. The summed E-state index contributed by atoms with van der Waals surface area (Å²) in [6, 6.07) is 4.86. The highest BCUT2D eigenvalue weighted by molar-refractivity contribution is 7.89. The van der Waals surface area contributed by atoms with E-state index in [1.54, 1.807) is 32.9 Å². The number of benzene rings is 1. The van der Waals surface area contributed by atoms with Crippen LogP contribution in [0.25, 0.3) is 0 Å². The maximum Gasteiger partial charge on any atom is 0.243 e. The molecule has 6 heteroatoms. The minimum atomic E-state index is -3.74. The Morgan fingerprint density at radius 2 is 1.90 bits per heavy atom. The molecule has 21 heavy (non-hydrogen) atoms. The van der Waals surface area contributed by atoms with Gasteiger partial charge >= 0.3 is 0 Å². The van der Waals surface area contributed by atoms with Crippen molar-refractivity contribution < 1.29 is 18.6 Å². The van der Waals surface area contributed by atoms with Gasteiger partial charge in [-0.2, -0.15) is 4.31 Å². The van der Waals surface area contributed by atoms with Gasteiger partial charge in [-0.25, -0.2) is 8.42 Å². The van der Waals surface area contributed by atoms with Crippen LogP contribution in [0.4, 0.5) is 0 Å². The van der Waals surface area contributed by atoms with Crippen LogP contribution in [-0.4, -0.2) is 48.7 Å². The van der Waals surface area contributed by atoms with Gasteiger partial charge in [-0.05, 0) is 38.5 Å². The molecule has 1 aromatic rings. The van der Waals surface area contributed by atoms with E-state index in [1.807, 2.05) is 0 Å². The Balaban J connectivity index is 3.38. The van der Waals surface area contributed by atoms with Crippen LogP contribution >= 0.6 is 0 Å². The van der Waals surface area contributed by atoms with Crippen LogP contribution < -0.4 is 0 Å². The lowest BCUT2D eigenvalue weighted by molar-refractivity contribution is 0.138. The van der Waals surface area contributed by atoms with Gasteiger partial charge in [-0.15, -0.1) is 0 Å². The summed E-state index contributed by atoms with van der Waals surface area (Å²) in [6.45, 7) is 4.43. The minimum Gasteiger partial charge on any atom is -0.394 e. The van der Waals surface area contributed by atoms with Crippen LogP contribution in [0.15, 0.2) is 23.1 Å². The molecule has 0 saturated heterocycles. The molecule has 0 aliphatic carbocycles. The standard InChI is InChI=1S/C15H21NO4S/c1-12-7-8-13(6-5-9-17)10-14(12)21(19,20)16(4)15(2,3)11-18/h7-8,10,17-18H,9,11H2,1-4H3. The molecule has 5 nitrogen and oxygen atoms in total. The van der Waals surface area contributed by atoms with Crippen molar-refractivity contribution in [3.8, 4) is 11.8 Å². The first-order valence-corrected chi connectivity index (χ1v) is 7.91. The van der Waals surface area contributed by atoms with Gasteiger partial charge in [0.05, 0.1) is 17.0 Å². The topological polar surface area (TPSA) is 77.8 Å². The van der Waals surface area contributed by atoms with Crippen molar-refractivity contribution in [1.29, 1.82) is 0 Å². The fourth-order valence-corrected chi connectivity index (χ4v) is 3.42. The molecule has 0 radical (unpaired) electrons. The zero-order valence-electron chi connectivity index (χ0n) is 12.7. The summed E-state index contributed by atoms with van der Waals surface area (Å²) in [5.74, 6) is 5.18. The highest BCUT2D eigenvalue weighted by Gasteiger charge is 2.34. The maximum absolute atomic E-state index is 12.7. The summed E-state index contributed by atoms with van der Waals surface area (Å²) in [7, 11) is -2.30. The van der Waals surface area contributed by atoms with Gasteiger partial charge in [0.1, 0.15) is 6.61 Å². The molecule has 116 valence electrons. The summed E-state index contributed by atoms with van der Waals surface area (Å²) < 4.78 is 26.6. The summed E-state index contributed by atoms with van der Waals surface area (Å²) in [5, 5.41) is 18.1. The molecule has 0 unspecified atom stereocenters. The van der Waals surface area contributed by atoms with Crippen molar-refractivity contribution in [2.45, 2.75) is 31.2 Å². The Morgan fingerprint density at radius 3 is 2.43 bits per heavy atom. The molecular weight excluding hydrogens is 290 g/mol. The molecule has 0 aliphatic rings. The third kappa shape index (κ3) is 3.83. The first-order valence-electron chi connectivity index (χ1n) is 6.47. The zero-order valence-corrected chi connectivity index (χ0v) is 13.5. The van der Waals surface area contributed by atoms with Crippen molar-refractivity contribution in [3.63, 3.8) is 0 Å². The molecule has 0 saturated carbocycles. The third-order valence-electron chi connectivity index (χ3n) is 3.38. The van der Waals surface area contributed by atoms with Gasteiger partial charge in [0.25, 0.3) is 0 Å². The lowest BCUT2D eigenvalue weighted by atomic mass is 10.1. The average molecular weight is 311 g/mol. The second-order valence-electron chi connectivity index (χ2n) is 5.38. The minimum absolute atomic E-state index is 0.149. The first kappa shape index (κ1) is 17.7. The Morgan fingerprint density at radius 1 is 1.29 bits per heavy atom. The van der Waals surface area contributed by atoms with E-state index in [0.717, 1.165) is 4.31 Å². The summed E-state index contributed by atoms with van der Waals surface area (Å²) in [4.78, 5) is 0.149. The number of likely N-dealkylation sites (N-methyl/N-ethyl adjacent to an activating group) is 1. The van der Waals surface area contributed by atoms with E-state index in [-0.39, 0.29) is 18.1 Å². The molecule has 0 aromatic heterocycles. The molecule has 0 aliphatic heterocycles.